The van der Waals surface area contributed by atoms with E-state index in [4.69, 9.17) is 15.0 Å². The van der Waals surface area contributed by atoms with Gasteiger partial charge in [-0.3, -0.25) is 4.57 Å². The molecule has 0 atom stereocenters. The van der Waals surface area contributed by atoms with E-state index in [9.17, 15) is 0 Å². The molecule has 2 heterocycles. The first-order chi connectivity index (χ1) is 30.2. The molecular weight excluding hydrogens is 741 g/mol. The summed E-state index contributed by atoms with van der Waals surface area (Å²) in [6.45, 7) is 0. The molecule has 0 bridgehead atoms. The molecule has 4 nitrogen and oxygen atoms in total. The van der Waals surface area contributed by atoms with E-state index in [-0.39, 0.29) is 0 Å². The first-order valence-corrected chi connectivity index (χ1v) is 20.7. The average Bonchev–Trinajstić information content (AvgIpc) is 3.68. The summed E-state index contributed by atoms with van der Waals surface area (Å²) in [5.41, 5.74) is 10.9. The third-order valence-corrected chi connectivity index (χ3v) is 12.1. The van der Waals surface area contributed by atoms with Crippen LogP contribution < -0.4 is 0 Å². The second-order valence-electron chi connectivity index (χ2n) is 15.6. The highest BCUT2D eigenvalue weighted by Gasteiger charge is 2.19. The Labute approximate surface area is 352 Å². The summed E-state index contributed by atoms with van der Waals surface area (Å²) in [4.78, 5) is 15.4. The van der Waals surface area contributed by atoms with Crippen molar-refractivity contribution in [1.29, 1.82) is 0 Å². The quantitative estimate of drug-likeness (QED) is 0.158. The number of fused-ring (bicyclic) bond motifs is 9. The third-order valence-electron chi connectivity index (χ3n) is 12.1. The molecule has 0 saturated heterocycles. The summed E-state index contributed by atoms with van der Waals surface area (Å²) in [6.07, 6.45) is 0. The number of hydrogen-bond acceptors (Lipinski definition) is 3. The predicted molar refractivity (Wildman–Crippen MR) is 254 cm³/mol. The Hall–Kier alpha value is -8.21. The molecule has 0 amide bonds. The normalized spacial score (nSPS) is 11.6. The average molecular weight is 777 g/mol. The van der Waals surface area contributed by atoms with Crippen molar-refractivity contribution in [1.82, 2.24) is 19.5 Å². The summed E-state index contributed by atoms with van der Waals surface area (Å²) in [5, 5.41) is 9.91. The molecule has 0 aliphatic rings. The van der Waals surface area contributed by atoms with Gasteiger partial charge in [0, 0.05) is 21.9 Å². The lowest BCUT2D eigenvalue weighted by atomic mass is 9.89. The Bertz CT molecular complexity index is 3590. The van der Waals surface area contributed by atoms with Crippen LogP contribution in [-0.4, -0.2) is 19.5 Å². The maximum Gasteiger partial charge on any atom is 0.238 e. The number of nitrogens with zero attached hydrogens (tertiary/aromatic N) is 4. The Kier molecular flexibility index (Phi) is 8.13. The standard InChI is InChI=1S/C57H36N4/c1-3-15-37(16-4-1)38-27-29-40(30-28-38)56-58-55(39-17-5-2-6-18-39)59-57(60-56)61-53-26-14-13-25-50(53)52-36-42(32-34-54(52)61)44-20-8-7-19-43(44)41-31-33-49-47-23-10-9-21-45(47)46-22-11-12-24-48(46)51(49)35-41/h1-36H. The Morgan fingerprint density at radius 1 is 0.246 bits per heavy atom. The van der Waals surface area contributed by atoms with E-state index in [1.807, 2.05) is 24.3 Å². The van der Waals surface area contributed by atoms with Crippen molar-refractivity contribution in [3.05, 3.63) is 218 Å². The first kappa shape index (κ1) is 34.8. The molecule has 12 rings (SSSR count). The fourth-order valence-electron chi connectivity index (χ4n) is 9.17. The SMILES string of the molecule is c1ccc(-c2ccc(-c3nc(-c4ccccc4)nc(-n4c5ccccc5c5cc(-c6ccccc6-c6ccc7c8ccccc8c8ccccc8c7c6)ccc54)n3)cc2)cc1. The molecule has 0 spiro atoms. The maximum atomic E-state index is 5.21. The van der Waals surface area contributed by atoms with Crippen molar-refractivity contribution in [3.8, 4) is 62.1 Å². The van der Waals surface area contributed by atoms with E-state index < -0.39 is 0 Å². The number of hydrogen-bond donors (Lipinski definition) is 0. The minimum atomic E-state index is 0.575. The zero-order chi connectivity index (χ0) is 40.3. The van der Waals surface area contributed by atoms with Gasteiger partial charge in [-0.15, -0.1) is 0 Å². The maximum absolute atomic E-state index is 5.21. The van der Waals surface area contributed by atoms with Crippen LogP contribution in [0.15, 0.2) is 218 Å². The largest absolute Gasteiger partial charge is 0.278 e. The number of benzene rings is 10. The van der Waals surface area contributed by atoms with Crippen LogP contribution in [0.4, 0.5) is 0 Å². The van der Waals surface area contributed by atoms with Crippen LogP contribution in [0.1, 0.15) is 0 Å². The van der Waals surface area contributed by atoms with Gasteiger partial charge < -0.3 is 0 Å². The molecule has 12 aromatic rings. The van der Waals surface area contributed by atoms with Gasteiger partial charge in [0.2, 0.25) is 5.95 Å². The predicted octanol–water partition coefficient (Wildman–Crippen LogP) is 14.8. The van der Waals surface area contributed by atoms with E-state index in [1.54, 1.807) is 0 Å². The molecule has 0 aliphatic heterocycles. The molecule has 0 unspecified atom stereocenters. The number of para-hydroxylation sites is 1. The molecule has 4 heteroatoms. The highest BCUT2D eigenvalue weighted by molar-refractivity contribution is 6.26. The lowest BCUT2D eigenvalue weighted by molar-refractivity contribution is 0.953. The van der Waals surface area contributed by atoms with Crippen molar-refractivity contribution in [2.75, 3.05) is 0 Å². The fourth-order valence-corrected chi connectivity index (χ4v) is 9.17. The monoisotopic (exact) mass is 776 g/mol. The van der Waals surface area contributed by atoms with Gasteiger partial charge in [0.15, 0.2) is 11.6 Å². The van der Waals surface area contributed by atoms with Gasteiger partial charge in [0.05, 0.1) is 11.0 Å². The second kappa shape index (κ2) is 14.3. The minimum Gasteiger partial charge on any atom is -0.278 e. The molecule has 0 aliphatic carbocycles. The van der Waals surface area contributed by atoms with Gasteiger partial charge in [0.25, 0.3) is 0 Å². The summed E-state index contributed by atoms with van der Waals surface area (Å²) in [7, 11) is 0. The zero-order valence-electron chi connectivity index (χ0n) is 33.1. The van der Waals surface area contributed by atoms with Crippen LogP contribution in [-0.2, 0) is 0 Å². The topological polar surface area (TPSA) is 43.6 Å². The lowest BCUT2D eigenvalue weighted by Gasteiger charge is -2.14. The van der Waals surface area contributed by atoms with Crippen LogP contribution in [0, 0.1) is 0 Å². The molecular formula is C57H36N4. The van der Waals surface area contributed by atoms with Gasteiger partial charge >= 0.3 is 0 Å². The van der Waals surface area contributed by atoms with Crippen molar-refractivity contribution >= 4 is 54.1 Å². The summed E-state index contributed by atoms with van der Waals surface area (Å²) < 4.78 is 2.19. The van der Waals surface area contributed by atoms with Crippen LogP contribution in [0.2, 0.25) is 0 Å². The van der Waals surface area contributed by atoms with E-state index in [2.05, 4.69) is 199 Å². The zero-order valence-corrected chi connectivity index (χ0v) is 33.1. The van der Waals surface area contributed by atoms with Gasteiger partial charge in [-0.25, -0.2) is 4.98 Å². The van der Waals surface area contributed by atoms with Crippen LogP contribution in [0.3, 0.4) is 0 Å². The highest BCUT2D eigenvalue weighted by atomic mass is 15.2. The molecule has 0 fully saturated rings. The molecule has 0 radical (unpaired) electrons. The molecule has 0 N–H and O–H groups in total. The molecule has 10 aromatic carbocycles. The van der Waals surface area contributed by atoms with E-state index in [0.29, 0.717) is 17.6 Å². The van der Waals surface area contributed by atoms with Gasteiger partial charge in [-0.2, -0.15) is 9.97 Å². The van der Waals surface area contributed by atoms with Crippen LogP contribution in [0.5, 0.6) is 0 Å². The minimum absolute atomic E-state index is 0.575. The lowest BCUT2D eigenvalue weighted by Crippen LogP contribution is -2.06. The van der Waals surface area contributed by atoms with E-state index in [1.165, 1.54) is 54.6 Å². The smallest absolute Gasteiger partial charge is 0.238 e. The molecule has 61 heavy (non-hydrogen) atoms. The van der Waals surface area contributed by atoms with E-state index in [0.717, 1.165) is 44.1 Å². The Balaban J connectivity index is 1.01. The second-order valence-corrected chi connectivity index (χ2v) is 15.6. The van der Waals surface area contributed by atoms with Gasteiger partial charge in [0.1, 0.15) is 0 Å². The van der Waals surface area contributed by atoms with Crippen LogP contribution >= 0.6 is 0 Å². The highest BCUT2D eigenvalue weighted by Crippen LogP contribution is 2.41. The van der Waals surface area contributed by atoms with Crippen molar-refractivity contribution < 1.29 is 0 Å². The Morgan fingerprint density at radius 2 is 0.639 bits per heavy atom. The number of aromatic nitrogens is 4. The van der Waals surface area contributed by atoms with E-state index >= 15 is 0 Å². The summed E-state index contributed by atoms with van der Waals surface area (Å²) in [5.74, 6) is 1.82. The Morgan fingerprint density at radius 3 is 1.26 bits per heavy atom. The molecule has 2 aromatic heterocycles. The van der Waals surface area contributed by atoms with Crippen molar-refractivity contribution in [2.45, 2.75) is 0 Å². The van der Waals surface area contributed by atoms with Gasteiger partial charge in [-0.1, -0.05) is 194 Å². The number of rotatable bonds is 6. The van der Waals surface area contributed by atoms with Crippen LogP contribution in [0.25, 0.3) is 116 Å². The summed E-state index contributed by atoms with van der Waals surface area (Å²) >= 11 is 0. The molecule has 284 valence electrons. The van der Waals surface area contributed by atoms with Crippen molar-refractivity contribution in [2.24, 2.45) is 0 Å². The summed E-state index contributed by atoms with van der Waals surface area (Å²) in [6, 6.07) is 77.7. The third kappa shape index (κ3) is 5.88. The fraction of sp³-hybridized carbons (Fsp3) is 0. The van der Waals surface area contributed by atoms with Crippen molar-refractivity contribution in [3.63, 3.8) is 0 Å². The van der Waals surface area contributed by atoms with Gasteiger partial charge in [-0.05, 0) is 90.0 Å². The first-order valence-electron chi connectivity index (χ1n) is 20.7. The molecule has 0 saturated carbocycles.